The molecule has 3 fully saturated rings. The van der Waals surface area contributed by atoms with Crippen molar-refractivity contribution in [2.45, 2.75) is 57.0 Å². The number of rotatable bonds is 6. The molecular weight excluding hydrogens is 342 g/mol. The molecule has 0 bridgehead atoms. The number of carbonyl (C=O) groups is 2. The molecular formula is C21H29N3O3. The highest BCUT2D eigenvalue weighted by Gasteiger charge is 2.27. The van der Waals surface area contributed by atoms with E-state index in [-0.39, 0.29) is 17.9 Å². The Balaban J connectivity index is 1.24. The molecule has 1 aromatic rings. The fourth-order valence-electron chi connectivity index (χ4n) is 4.00. The second kappa shape index (κ2) is 8.38. The van der Waals surface area contributed by atoms with Crippen molar-refractivity contribution in [1.29, 1.82) is 0 Å². The monoisotopic (exact) mass is 371 g/mol. The van der Waals surface area contributed by atoms with E-state index < -0.39 is 0 Å². The zero-order valence-corrected chi connectivity index (χ0v) is 15.9. The number of pyridine rings is 1. The highest BCUT2D eigenvalue weighted by molar-refractivity contribution is 5.93. The molecule has 0 aromatic carbocycles. The second-order valence-electron chi connectivity index (χ2n) is 8.12. The van der Waals surface area contributed by atoms with Crippen molar-refractivity contribution in [3.05, 3.63) is 29.6 Å². The van der Waals surface area contributed by atoms with Crippen LogP contribution < -0.4 is 5.32 Å². The number of hydrogen-bond acceptors (Lipinski definition) is 4. The Hall–Kier alpha value is -1.95. The van der Waals surface area contributed by atoms with Crippen molar-refractivity contribution in [1.82, 2.24) is 15.2 Å². The third-order valence-corrected chi connectivity index (χ3v) is 5.99. The van der Waals surface area contributed by atoms with Crippen LogP contribution in [0.3, 0.4) is 0 Å². The lowest BCUT2D eigenvalue weighted by atomic mass is 9.92. The molecule has 2 amide bonds. The summed E-state index contributed by atoms with van der Waals surface area (Å²) in [5.74, 6) is 1.22. The molecule has 0 spiro atoms. The summed E-state index contributed by atoms with van der Waals surface area (Å²) in [6.45, 7) is 3.13. The summed E-state index contributed by atoms with van der Waals surface area (Å²) < 4.78 is 5.58. The van der Waals surface area contributed by atoms with Gasteiger partial charge in [0.1, 0.15) is 0 Å². The van der Waals surface area contributed by atoms with Gasteiger partial charge in [-0.2, -0.15) is 0 Å². The summed E-state index contributed by atoms with van der Waals surface area (Å²) in [6.07, 6.45) is 8.72. The summed E-state index contributed by atoms with van der Waals surface area (Å²) in [4.78, 5) is 31.0. The topological polar surface area (TPSA) is 71.5 Å². The normalized spacial score (nSPS) is 23.4. The summed E-state index contributed by atoms with van der Waals surface area (Å²) in [5, 5.41) is 2.97. The van der Waals surface area contributed by atoms with Crippen LogP contribution in [0.25, 0.3) is 0 Å². The molecule has 146 valence electrons. The average Bonchev–Trinajstić information content (AvgIpc) is 3.41. The maximum absolute atomic E-state index is 12.4. The largest absolute Gasteiger partial charge is 0.378 e. The zero-order chi connectivity index (χ0) is 18.6. The van der Waals surface area contributed by atoms with Crippen LogP contribution in [0.1, 0.15) is 66.9 Å². The van der Waals surface area contributed by atoms with Gasteiger partial charge >= 0.3 is 0 Å². The molecule has 27 heavy (non-hydrogen) atoms. The minimum atomic E-state index is -0.0319. The number of ether oxygens (including phenoxy) is 1. The predicted molar refractivity (Wildman–Crippen MR) is 101 cm³/mol. The van der Waals surface area contributed by atoms with Gasteiger partial charge < -0.3 is 15.0 Å². The van der Waals surface area contributed by atoms with E-state index in [0.717, 1.165) is 57.6 Å². The van der Waals surface area contributed by atoms with E-state index in [9.17, 15) is 9.59 Å². The lowest BCUT2D eigenvalue weighted by Crippen LogP contribution is -2.39. The van der Waals surface area contributed by atoms with Crippen LogP contribution in [-0.2, 0) is 9.53 Å². The first kappa shape index (κ1) is 18.4. The van der Waals surface area contributed by atoms with Crippen LogP contribution in [0.4, 0.5) is 0 Å². The summed E-state index contributed by atoms with van der Waals surface area (Å²) >= 11 is 0. The van der Waals surface area contributed by atoms with Gasteiger partial charge in [0.2, 0.25) is 5.91 Å². The highest BCUT2D eigenvalue weighted by Crippen LogP contribution is 2.29. The minimum Gasteiger partial charge on any atom is -0.378 e. The van der Waals surface area contributed by atoms with Crippen molar-refractivity contribution in [2.24, 2.45) is 5.92 Å². The van der Waals surface area contributed by atoms with Gasteiger partial charge in [0.25, 0.3) is 5.91 Å². The number of aromatic nitrogens is 1. The van der Waals surface area contributed by atoms with Gasteiger partial charge in [-0.15, -0.1) is 0 Å². The Bertz CT molecular complexity index is 658. The second-order valence-corrected chi connectivity index (χ2v) is 8.12. The molecule has 1 atom stereocenters. The number of carbonyl (C=O) groups excluding carboxylic acids is 2. The van der Waals surface area contributed by atoms with Gasteiger partial charge in [0.15, 0.2) is 0 Å². The van der Waals surface area contributed by atoms with Crippen molar-refractivity contribution in [2.75, 3.05) is 26.2 Å². The van der Waals surface area contributed by atoms with E-state index in [1.165, 1.54) is 12.8 Å². The van der Waals surface area contributed by atoms with Crippen LogP contribution in [0.5, 0.6) is 0 Å². The minimum absolute atomic E-state index is 0.0319. The third-order valence-electron chi connectivity index (χ3n) is 5.99. The molecule has 4 rings (SSSR count). The molecule has 2 saturated heterocycles. The highest BCUT2D eigenvalue weighted by atomic mass is 16.5. The maximum atomic E-state index is 12.4. The van der Waals surface area contributed by atoms with Gasteiger partial charge in [0.05, 0.1) is 18.1 Å². The van der Waals surface area contributed by atoms with Crippen LogP contribution in [0.15, 0.2) is 18.3 Å². The van der Waals surface area contributed by atoms with E-state index >= 15 is 0 Å². The first-order chi connectivity index (χ1) is 13.2. The number of nitrogens with zero attached hydrogens (tertiary/aromatic N) is 2. The molecule has 1 aliphatic carbocycles. The smallest absolute Gasteiger partial charge is 0.252 e. The first-order valence-electron chi connectivity index (χ1n) is 10.3. The Labute approximate surface area is 160 Å². The molecule has 3 aliphatic rings. The number of likely N-dealkylation sites (tertiary alicyclic amines) is 1. The molecule has 6 nitrogen and oxygen atoms in total. The fraction of sp³-hybridized carbons (Fsp3) is 0.667. The number of hydrogen-bond donors (Lipinski definition) is 1. The molecule has 1 aromatic heterocycles. The Morgan fingerprint density at radius 3 is 2.59 bits per heavy atom. The molecule has 0 radical (unpaired) electrons. The van der Waals surface area contributed by atoms with E-state index in [2.05, 4.69) is 10.3 Å². The summed E-state index contributed by atoms with van der Waals surface area (Å²) in [7, 11) is 0. The molecule has 1 saturated carbocycles. The van der Waals surface area contributed by atoms with E-state index in [1.54, 1.807) is 6.20 Å². The summed E-state index contributed by atoms with van der Waals surface area (Å²) in [6, 6.07) is 3.85. The van der Waals surface area contributed by atoms with Gasteiger partial charge in [-0.05, 0) is 56.6 Å². The van der Waals surface area contributed by atoms with Crippen molar-refractivity contribution in [3.8, 4) is 0 Å². The van der Waals surface area contributed by atoms with Crippen molar-refractivity contribution < 1.29 is 14.3 Å². The van der Waals surface area contributed by atoms with Crippen LogP contribution in [0, 0.1) is 5.92 Å². The van der Waals surface area contributed by atoms with Gasteiger partial charge in [-0.3, -0.25) is 14.6 Å². The molecule has 0 unspecified atom stereocenters. The first-order valence-corrected chi connectivity index (χ1v) is 10.3. The molecule has 2 aliphatic heterocycles. The lowest BCUT2D eigenvalue weighted by molar-refractivity contribution is -0.134. The van der Waals surface area contributed by atoms with E-state index in [1.807, 2.05) is 17.0 Å². The SMILES string of the molecule is O=C(NCC1CC1)c1ccc(C2CCN(C(=O)C[C@@H]3CCCO3)CC2)nc1. The molecule has 1 N–H and O–H groups in total. The number of amides is 2. The Kier molecular flexibility index (Phi) is 5.72. The van der Waals surface area contributed by atoms with Crippen LogP contribution in [-0.4, -0.2) is 54.0 Å². The number of nitrogens with one attached hydrogen (secondary N) is 1. The zero-order valence-electron chi connectivity index (χ0n) is 15.9. The fourth-order valence-corrected chi connectivity index (χ4v) is 4.00. The Morgan fingerprint density at radius 2 is 1.96 bits per heavy atom. The number of piperidine rings is 1. The Morgan fingerprint density at radius 1 is 1.15 bits per heavy atom. The van der Waals surface area contributed by atoms with Crippen LogP contribution in [0.2, 0.25) is 0 Å². The molecule has 6 heteroatoms. The molecule has 3 heterocycles. The van der Waals surface area contributed by atoms with E-state index in [0.29, 0.717) is 23.8 Å². The maximum Gasteiger partial charge on any atom is 0.252 e. The van der Waals surface area contributed by atoms with Gasteiger partial charge in [-0.25, -0.2) is 0 Å². The predicted octanol–water partition coefficient (Wildman–Crippen LogP) is 2.50. The van der Waals surface area contributed by atoms with Gasteiger partial charge in [-0.1, -0.05) is 0 Å². The van der Waals surface area contributed by atoms with E-state index in [4.69, 9.17) is 4.74 Å². The summed E-state index contributed by atoms with van der Waals surface area (Å²) in [5.41, 5.74) is 1.66. The standard InChI is InChI=1S/C21H29N3O3/c25-20(12-18-2-1-11-27-18)24-9-7-16(8-10-24)19-6-5-17(14-22-19)21(26)23-13-15-3-4-15/h5-6,14-16,18H,1-4,7-13H2,(H,23,26)/t18-/m0/s1. The lowest BCUT2D eigenvalue weighted by Gasteiger charge is -2.32. The van der Waals surface area contributed by atoms with Crippen LogP contribution >= 0.6 is 0 Å². The average molecular weight is 371 g/mol. The van der Waals surface area contributed by atoms with Gasteiger partial charge in [0, 0.05) is 44.0 Å². The van der Waals surface area contributed by atoms with Crippen molar-refractivity contribution in [3.63, 3.8) is 0 Å². The third kappa shape index (κ3) is 4.86. The van der Waals surface area contributed by atoms with Crippen molar-refractivity contribution >= 4 is 11.8 Å². The quantitative estimate of drug-likeness (QED) is 0.834.